The number of ether oxygens (including phenoxy) is 1. The van der Waals surface area contributed by atoms with Crippen molar-refractivity contribution >= 4 is 29.4 Å². The van der Waals surface area contributed by atoms with Crippen LogP contribution in [0.2, 0.25) is 0 Å². The van der Waals surface area contributed by atoms with Gasteiger partial charge in [0, 0.05) is 19.0 Å². The number of benzene rings is 2. The number of esters is 1. The summed E-state index contributed by atoms with van der Waals surface area (Å²) in [5.74, 6) is -1.90. The molecule has 2 aromatic rings. The van der Waals surface area contributed by atoms with Gasteiger partial charge in [0.05, 0.1) is 16.9 Å². The van der Waals surface area contributed by atoms with Crippen LogP contribution in [0.15, 0.2) is 53.4 Å². The highest BCUT2D eigenvalue weighted by atomic mass is 32.2. The Morgan fingerprint density at radius 2 is 1.62 bits per heavy atom. The van der Waals surface area contributed by atoms with E-state index in [0.29, 0.717) is 4.90 Å². The molecular formula is C19H18FNO4S. The molecule has 0 saturated carbocycles. The summed E-state index contributed by atoms with van der Waals surface area (Å²) in [5.41, 5.74) is 0.130. The van der Waals surface area contributed by atoms with Crippen LogP contribution in [0.3, 0.4) is 0 Å². The summed E-state index contributed by atoms with van der Waals surface area (Å²) in [7, 11) is 3.30. The van der Waals surface area contributed by atoms with Crippen molar-refractivity contribution < 1.29 is 23.5 Å². The van der Waals surface area contributed by atoms with Crippen LogP contribution in [-0.2, 0) is 9.53 Å². The summed E-state index contributed by atoms with van der Waals surface area (Å²) in [4.78, 5) is 38.0. The Labute approximate surface area is 155 Å². The number of carbonyl (C=O) groups is 3. The Bertz CT molecular complexity index is 823. The molecule has 0 atom stereocenters. The highest BCUT2D eigenvalue weighted by Crippen LogP contribution is 2.23. The van der Waals surface area contributed by atoms with Crippen molar-refractivity contribution in [3.63, 3.8) is 0 Å². The Hall–Kier alpha value is -2.67. The lowest BCUT2D eigenvalue weighted by atomic mass is 10.1. The molecule has 0 aromatic heterocycles. The number of carbonyl (C=O) groups excluding carboxylic acids is 3. The zero-order valence-electron chi connectivity index (χ0n) is 14.4. The molecule has 7 heteroatoms. The molecular weight excluding hydrogens is 357 g/mol. The smallest absolute Gasteiger partial charge is 0.339 e. The van der Waals surface area contributed by atoms with Crippen molar-refractivity contribution in [3.8, 4) is 0 Å². The lowest BCUT2D eigenvalue weighted by molar-refractivity contribution is -0.125. The van der Waals surface area contributed by atoms with Gasteiger partial charge in [-0.15, -0.1) is 11.8 Å². The first-order valence-corrected chi connectivity index (χ1v) is 8.75. The normalized spacial score (nSPS) is 10.3. The summed E-state index contributed by atoms with van der Waals surface area (Å²) in [5, 5.41) is 0. The van der Waals surface area contributed by atoms with Crippen molar-refractivity contribution in [1.29, 1.82) is 0 Å². The van der Waals surface area contributed by atoms with Crippen LogP contribution in [-0.4, -0.2) is 49.0 Å². The first-order chi connectivity index (χ1) is 12.4. The fourth-order valence-corrected chi connectivity index (χ4v) is 3.02. The predicted molar refractivity (Wildman–Crippen MR) is 96.9 cm³/mol. The number of halogens is 1. The Kier molecular flexibility index (Phi) is 6.91. The Morgan fingerprint density at radius 1 is 1.00 bits per heavy atom. The van der Waals surface area contributed by atoms with E-state index < -0.39 is 24.2 Å². The highest BCUT2D eigenvalue weighted by Gasteiger charge is 2.17. The Morgan fingerprint density at radius 3 is 2.27 bits per heavy atom. The molecule has 0 radical (unpaired) electrons. The molecule has 0 heterocycles. The fourth-order valence-electron chi connectivity index (χ4n) is 2.00. The summed E-state index contributed by atoms with van der Waals surface area (Å²) >= 11 is 1.21. The van der Waals surface area contributed by atoms with E-state index in [1.165, 1.54) is 40.9 Å². The van der Waals surface area contributed by atoms with Crippen molar-refractivity contribution in [2.45, 2.75) is 4.90 Å². The molecule has 0 aliphatic carbocycles. The summed E-state index contributed by atoms with van der Waals surface area (Å²) < 4.78 is 18.6. The molecule has 26 heavy (non-hydrogen) atoms. The van der Waals surface area contributed by atoms with Gasteiger partial charge in [0.25, 0.3) is 0 Å². The van der Waals surface area contributed by atoms with Gasteiger partial charge in [0.15, 0.2) is 6.61 Å². The van der Waals surface area contributed by atoms with Gasteiger partial charge in [-0.05, 0) is 24.3 Å². The molecule has 0 fully saturated rings. The van der Waals surface area contributed by atoms with Crippen LogP contribution in [0.1, 0.15) is 20.7 Å². The van der Waals surface area contributed by atoms with Crippen molar-refractivity contribution in [2.24, 2.45) is 0 Å². The Balaban J connectivity index is 2.02. The van der Waals surface area contributed by atoms with E-state index in [0.717, 1.165) is 0 Å². The molecule has 0 saturated heterocycles. The number of hydrogen-bond donors (Lipinski definition) is 0. The lowest BCUT2D eigenvalue weighted by Crippen LogP contribution is -2.23. The molecule has 2 rings (SSSR count). The highest BCUT2D eigenvalue weighted by molar-refractivity contribution is 8.00. The monoisotopic (exact) mass is 375 g/mol. The molecule has 0 spiro atoms. The quantitative estimate of drug-likeness (QED) is 0.423. The minimum atomic E-state index is -0.699. The third-order valence-corrected chi connectivity index (χ3v) is 4.52. The largest absolute Gasteiger partial charge is 0.454 e. The van der Waals surface area contributed by atoms with Gasteiger partial charge in [0.1, 0.15) is 5.82 Å². The number of hydrogen-bond acceptors (Lipinski definition) is 5. The number of amides is 1. The van der Waals surface area contributed by atoms with E-state index in [1.54, 1.807) is 38.4 Å². The molecule has 5 nitrogen and oxygen atoms in total. The second-order valence-electron chi connectivity index (χ2n) is 5.55. The van der Waals surface area contributed by atoms with Crippen LogP contribution in [0.4, 0.5) is 4.39 Å². The van der Waals surface area contributed by atoms with Gasteiger partial charge in [-0.1, -0.05) is 24.3 Å². The molecule has 0 aliphatic heterocycles. The zero-order chi connectivity index (χ0) is 19.1. The van der Waals surface area contributed by atoms with E-state index in [1.807, 2.05) is 0 Å². The standard InChI is InChI=1S/C19H18FNO4S/c1-21(2)18(23)12-26-17-10-6-4-8-14(17)19(24)25-11-16(22)13-7-3-5-9-15(13)20/h3-10H,11-12H2,1-2H3. The summed E-state index contributed by atoms with van der Waals surface area (Å²) in [6.45, 7) is -0.560. The van der Waals surface area contributed by atoms with Gasteiger partial charge in [0.2, 0.25) is 11.7 Å². The summed E-state index contributed by atoms with van der Waals surface area (Å²) in [6, 6.07) is 12.2. The average molecular weight is 375 g/mol. The summed E-state index contributed by atoms with van der Waals surface area (Å²) in [6.07, 6.45) is 0. The minimum Gasteiger partial charge on any atom is -0.454 e. The number of ketones is 1. The average Bonchev–Trinajstić information content (AvgIpc) is 2.64. The van der Waals surface area contributed by atoms with Gasteiger partial charge in [-0.2, -0.15) is 0 Å². The van der Waals surface area contributed by atoms with E-state index in [4.69, 9.17) is 4.74 Å². The maximum Gasteiger partial charge on any atom is 0.339 e. The third-order valence-electron chi connectivity index (χ3n) is 3.47. The number of thioether (sulfide) groups is 1. The molecule has 0 aliphatic rings. The van der Waals surface area contributed by atoms with E-state index in [-0.39, 0.29) is 22.8 Å². The second kappa shape index (κ2) is 9.15. The second-order valence-corrected chi connectivity index (χ2v) is 6.57. The van der Waals surface area contributed by atoms with E-state index in [9.17, 15) is 18.8 Å². The third kappa shape index (κ3) is 5.16. The van der Waals surface area contributed by atoms with Crippen molar-refractivity contribution in [3.05, 3.63) is 65.5 Å². The first-order valence-electron chi connectivity index (χ1n) is 7.77. The van der Waals surface area contributed by atoms with Gasteiger partial charge in [-0.3, -0.25) is 9.59 Å². The van der Waals surface area contributed by atoms with Gasteiger partial charge >= 0.3 is 5.97 Å². The van der Waals surface area contributed by atoms with Crippen molar-refractivity contribution in [2.75, 3.05) is 26.5 Å². The number of nitrogens with zero attached hydrogens (tertiary/aromatic N) is 1. The SMILES string of the molecule is CN(C)C(=O)CSc1ccccc1C(=O)OCC(=O)c1ccccc1F. The van der Waals surface area contributed by atoms with Crippen LogP contribution in [0.25, 0.3) is 0 Å². The minimum absolute atomic E-state index is 0.0899. The molecule has 136 valence electrons. The molecule has 0 N–H and O–H groups in total. The van der Waals surface area contributed by atoms with Crippen LogP contribution < -0.4 is 0 Å². The van der Waals surface area contributed by atoms with Crippen LogP contribution in [0, 0.1) is 5.82 Å². The van der Waals surface area contributed by atoms with Crippen LogP contribution in [0.5, 0.6) is 0 Å². The van der Waals surface area contributed by atoms with Gasteiger partial charge in [-0.25, -0.2) is 9.18 Å². The molecule has 0 bridgehead atoms. The van der Waals surface area contributed by atoms with Crippen LogP contribution >= 0.6 is 11.8 Å². The number of Topliss-reactive ketones (excluding diaryl/α,β-unsaturated/α-hetero) is 1. The predicted octanol–water partition coefficient (Wildman–Crippen LogP) is 3.05. The van der Waals surface area contributed by atoms with E-state index in [2.05, 4.69) is 0 Å². The lowest BCUT2D eigenvalue weighted by Gasteiger charge is -2.12. The molecule has 2 aromatic carbocycles. The van der Waals surface area contributed by atoms with Crippen molar-refractivity contribution in [1.82, 2.24) is 4.90 Å². The molecule has 0 unspecified atom stereocenters. The maximum atomic E-state index is 13.6. The van der Waals surface area contributed by atoms with Gasteiger partial charge < -0.3 is 9.64 Å². The number of rotatable bonds is 7. The first kappa shape index (κ1) is 19.7. The molecule has 1 amide bonds. The zero-order valence-corrected chi connectivity index (χ0v) is 15.2. The topological polar surface area (TPSA) is 63.7 Å². The maximum absolute atomic E-state index is 13.6. The van der Waals surface area contributed by atoms with E-state index >= 15 is 0 Å². The fraction of sp³-hybridized carbons (Fsp3) is 0.211.